The van der Waals surface area contributed by atoms with Gasteiger partial charge in [0.1, 0.15) is 23.6 Å². The van der Waals surface area contributed by atoms with Crippen LogP contribution in [0.5, 0.6) is 0 Å². The lowest BCUT2D eigenvalue weighted by atomic mass is 10.0. The van der Waals surface area contributed by atoms with E-state index in [-0.39, 0.29) is 0 Å². The number of aromatic nitrogens is 6. The molecule has 202 valence electrons. The number of pyridine rings is 2. The van der Waals surface area contributed by atoms with E-state index in [2.05, 4.69) is 98.7 Å². The minimum atomic E-state index is 0.765. The van der Waals surface area contributed by atoms with Gasteiger partial charge in [0.15, 0.2) is 17.5 Å². The van der Waals surface area contributed by atoms with Gasteiger partial charge in [0.25, 0.3) is 0 Å². The fraction of sp³-hybridized carbons (Fsp3) is 0.0278. The van der Waals surface area contributed by atoms with Crippen molar-refractivity contribution < 1.29 is 4.58 Å². The van der Waals surface area contributed by atoms with Crippen molar-refractivity contribution in [1.29, 1.82) is 0 Å². The fourth-order valence-corrected chi connectivity index (χ4v) is 6.19. The zero-order valence-electron chi connectivity index (χ0n) is 23.3. The third-order valence-corrected chi connectivity index (χ3v) is 8.22. The number of nitrogens with zero attached hydrogens (tertiary/aromatic N) is 7. The Morgan fingerprint density at radius 3 is 2.12 bits per heavy atom. The van der Waals surface area contributed by atoms with E-state index in [1.165, 1.54) is 0 Å². The van der Waals surface area contributed by atoms with E-state index in [0.29, 0.717) is 0 Å². The summed E-state index contributed by atoms with van der Waals surface area (Å²) >= 11 is 0. The van der Waals surface area contributed by atoms with Crippen LogP contribution in [0.3, 0.4) is 0 Å². The van der Waals surface area contributed by atoms with Gasteiger partial charge in [-0.15, -0.1) is 0 Å². The van der Waals surface area contributed by atoms with Crippen molar-refractivity contribution in [3.8, 4) is 22.6 Å². The molecule has 7 nitrogen and oxygen atoms in total. The molecule has 1 aliphatic heterocycles. The minimum Gasteiger partial charge on any atom is -0.293 e. The van der Waals surface area contributed by atoms with Crippen molar-refractivity contribution in [1.82, 2.24) is 29.1 Å². The average Bonchev–Trinajstić information content (AvgIpc) is 3.56. The molecular weight excluding hydrogens is 530 g/mol. The van der Waals surface area contributed by atoms with Crippen molar-refractivity contribution in [2.75, 3.05) is 7.05 Å². The van der Waals surface area contributed by atoms with Crippen LogP contribution in [0.25, 0.3) is 72.6 Å². The molecule has 1 aliphatic rings. The van der Waals surface area contributed by atoms with Gasteiger partial charge in [-0.3, -0.25) is 19.1 Å². The van der Waals surface area contributed by atoms with Crippen molar-refractivity contribution in [3.05, 3.63) is 127 Å². The summed E-state index contributed by atoms with van der Waals surface area (Å²) < 4.78 is 6.52. The molecule has 8 aromatic rings. The molecule has 7 heteroatoms. The summed E-state index contributed by atoms with van der Waals surface area (Å²) in [5.74, 6) is 0. The van der Waals surface area contributed by atoms with Crippen LogP contribution < -0.4 is 0 Å². The molecule has 0 saturated carbocycles. The Morgan fingerprint density at radius 1 is 0.581 bits per heavy atom. The first-order valence-corrected chi connectivity index (χ1v) is 14.2. The predicted octanol–water partition coefficient (Wildman–Crippen LogP) is 7.20. The van der Waals surface area contributed by atoms with E-state index >= 15 is 0 Å². The van der Waals surface area contributed by atoms with Crippen LogP contribution in [0.4, 0.5) is 0 Å². The Kier molecular flexibility index (Phi) is 4.98. The maximum absolute atomic E-state index is 5.38. The molecule has 0 amide bonds. The molecule has 5 aromatic heterocycles. The third kappa shape index (κ3) is 3.51. The van der Waals surface area contributed by atoms with Crippen LogP contribution in [0.1, 0.15) is 5.56 Å². The van der Waals surface area contributed by atoms with Gasteiger partial charge < -0.3 is 0 Å². The van der Waals surface area contributed by atoms with Gasteiger partial charge in [-0.25, -0.2) is 14.5 Å². The summed E-state index contributed by atoms with van der Waals surface area (Å²) in [7, 11) is 2.07. The Balaban J connectivity index is 1.39. The molecule has 43 heavy (non-hydrogen) atoms. The first kappa shape index (κ1) is 23.7. The third-order valence-electron chi connectivity index (χ3n) is 8.22. The number of hydrogen-bond acceptors (Lipinski definition) is 4. The second-order valence-corrected chi connectivity index (χ2v) is 10.8. The summed E-state index contributed by atoms with van der Waals surface area (Å²) in [5, 5.41) is 1.06. The summed E-state index contributed by atoms with van der Waals surface area (Å²) in [6.45, 7) is 0. The van der Waals surface area contributed by atoms with Crippen LogP contribution in [-0.2, 0) is 0 Å². The first-order chi connectivity index (χ1) is 21.2. The SMILES string of the molecule is C[N+]1=CC=C1c1cc(-c2ccccn2)cc(-n2c3cccnc3c3nc4c(nc32)c2ccccc2n4-c2ccccc2)c1. The number of para-hydroxylation sites is 2. The molecule has 0 radical (unpaired) electrons. The van der Waals surface area contributed by atoms with E-state index in [1.807, 2.05) is 54.9 Å². The molecule has 0 bridgehead atoms. The van der Waals surface area contributed by atoms with Crippen LogP contribution in [0.15, 0.2) is 122 Å². The highest BCUT2D eigenvalue weighted by atomic mass is 15.1. The van der Waals surface area contributed by atoms with E-state index < -0.39 is 0 Å². The lowest BCUT2D eigenvalue weighted by Crippen LogP contribution is -2.14. The van der Waals surface area contributed by atoms with Gasteiger partial charge in [0.2, 0.25) is 5.70 Å². The van der Waals surface area contributed by atoms with Crippen LogP contribution in [0.2, 0.25) is 0 Å². The Hall–Kier alpha value is -5.95. The zero-order chi connectivity index (χ0) is 28.5. The van der Waals surface area contributed by atoms with Gasteiger partial charge in [-0.2, -0.15) is 0 Å². The maximum atomic E-state index is 5.38. The second kappa shape index (κ2) is 9.03. The van der Waals surface area contributed by atoms with Crippen molar-refractivity contribution in [2.45, 2.75) is 0 Å². The van der Waals surface area contributed by atoms with Gasteiger partial charge in [0.05, 0.1) is 22.8 Å². The molecule has 0 unspecified atom stereocenters. The summed E-state index contributed by atoms with van der Waals surface area (Å²) in [4.78, 5) is 20.2. The molecule has 0 N–H and O–H groups in total. The lowest BCUT2D eigenvalue weighted by molar-refractivity contribution is -0.399. The van der Waals surface area contributed by atoms with Gasteiger partial charge in [0, 0.05) is 40.3 Å². The monoisotopic (exact) mass is 554 g/mol. The van der Waals surface area contributed by atoms with Gasteiger partial charge in [-0.05, 0) is 60.7 Å². The predicted molar refractivity (Wildman–Crippen MR) is 172 cm³/mol. The normalized spacial score (nSPS) is 13.0. The highest BCUT2D eigenvalue weighted by Crippen LogP contribution is 2.36. The standard InChI is InChI=1S/C36H24N7/c1-41-19-16-29(41)24-20-23(28-13-7-8-17-37-28)21-26(22-24)43-31-15-9-18-38-33(31)34-36(43)39-32-27-12-5-6-14-30(27)42(35(32)40-34)25-10-3-2-4-11-25/h2-22H,1H3/q+1. The smallest absolute Gasteiger partial charge is 0.218 e. The van der Waals surface area contributed by atoms with Gasteiger partial charge in [-0.1, -0.05) is 42.5 Å². The largest absolute Gasteiger partial charge is 0.293 e. The number of benzene rings is 3. The van der Waals surface area contributed by atoms with E-state index in [0.717, 1.165) is 78.2 Å². The molecular formula is C36H24N7+. The van der Waals surface area contributed by atoms with Crippen LogP contribution >= 0.6 is 0 Å². The van der Waals surface area contributed by atoms with E-state index in [9.17, 15) is 0 Å². The molecule has 9 rings (SSSR count). The Bertz CT molecular complexity index is 2450. The van der Waals surface area contributed by atoms with Crippen molar-refractivity contribution in [2.24, 2.45) is 0 Å². The van der Waals surface area contributed by atoms with Crippen molar-refractivity contribution >= 4 is 56.2 Å². The molecule has 0 spiro atoms. The molecule has 0 aliphatic carbocycles. The average molecular weight is 555 g/mol. The number of fused-ring (bicyclic) bond motifs is 6. The van der Waals surface area contributed by atoms with E-state index in [1.54, 1.807) is 0 Å². The minimum absolute atomic E-state index is 0.765. The fourth-order valence-electron chi connectivity index (χ4n) is 6.19. The van der Waals surface area contributed by atoms with Crippen LogP contribution in [-0.4, -0.2) is 46.9 Å². The summed E-state index contributed by atoms with van der Waals surface area (Å²) in [6.07, 6.45) is 7.86. The van der Waals surface area contributed by atoms with Gasteiger partial charge >= 0.3 is 0 Å². The molecule has 6 heterocycles. The molecule has 3 aromatic carbocycles. The quantitative estimate of drug-likeness (QED) is 0.216. The highest BCUT2D eigenvalue weighted by Gasteiger charge is 2.24. The highest BCUT2D eigenvalue weighted by molar-refractivity contribution is 6.11. The molecule has 0 saturated heterocycles. The van der Waals surface area contributed by atoms with Crippen LogP contribution in [0, 0.1) is 0 Å². The number of rotatable bonds is 4. The lowest BCUT2D eigenvalue weighted by Gasteiger charge is -2.14. The Morgan fingerprint density at radius 2 is 1.30 bits per heavy atom. The molecule has 0 atom stereocenters. The number of hydrogen-bond donors (Lipinski definition) is 0. The zero-order valence-corrected chi connectivity index (χ0v) is 23.3. The summed E-state index contributed by atoms with van der Waals surface area (Å²) in [6, 6.07) is 35.4. The second-order valence-electron chi connectivity index (χ2n) is 10.8. The van der Waals surface area contributed by atoms with E-state index in [4.69, 9.17) is 15.0 Å². The maximum Gasteiger partial charge on any atom is 0.218 e. The topological polar surface area (TPSA) is 64.4 Å². The first-order valence-electron chi connectivity index (χ1n) is 14.2. The summed E-state index contributed by atoms with van der Waals surface area (Å²) in [5.41, 5.74) is 12.3. The number of allylic oxidation sites excluding steroid dienone is 1. The molecule has 0 fully saturated rings. The Labute approximate surface area is 246 Å². The van der Waals surface area contributed by atoms with Crippen molar-refractivity contribution in [3.63, 3.8) is 0 Å².